The fourth-order valence-corrected chi connectivity index (χ4v) is 3.88. The minimum absolute atomic E-state index is 0.407. The minimum Gasteiger partial charge on any atom is -0.312 e. The van der Waals surface area contributed by atoms with Crippen molar-refractivity contribution in [3.8, 4) is 0 Å². The Morgan fingerprint density at radius 1 is 1.24 bits per heavy atom. The second kappa shape index (κ2) is 7.39. The van der Waals surface area contributed by atoms with Crippen LogP contribution < -0.4 is 5.32 Å². The summed E-state index contributed by atoms with van der Waals surface area (Å²) in [7, 11) is 6.50. The van der Waals surface area contributed by atoms with Crippen molar-refractivity contribution >= 4 is 0 Å². The van der Waals surface area contributed by atoms with Crippen LogP contribution in [0.5, 0.6) is 0 Å². The van der Waals surface area contributed by atoms with Gasteiger partial charge in [0, 0.05) is 31.2 Å². The molecule has 1 aliphatic heterocycles. The summed E-state index contributed by atoms with van der Waals surface area (Å²) in [6.07, 6.45) is 1.17. The molecule has 118 valence electrons. The molecule has 4 unspecified atom stereocenters. The van der Waals surface area contributed by atoms with E-state index in [0.717, 1.165) is 5.92 Å². The number of rotatable bonds is 6. The monoisotopic (exact) mass is 289 g/mol. The van der Waals surface area contributed by atoms with Crippen molar-refractivity contribution in [3.63, 3.8) is 0 Å². The van der Waals surface area contributed by atoms with E-state index in [0.29, 0.717) is 18.1 Å². The Hall–Kier alpha value is -0.900. The molecule has 1 heterocycles. The van der Waals surface area contributed by atoms with Crippen molar-refractivity contribution in [3.05, 3.63) is 35.9 Å². The van der Waals surface area contributed by atoms with Crippen LogP contribution >= 0.6 is 0 Å². The largest absolute Gasteiger partial charge is 0.312 e. The fourth-order valence-electron chi connectivity index (χ4n) is 3.88. The lowest BCUT2D eigenvalue weighted by atomic mass is 9.96. The first-order valence-corrected chi connectivity index (χ1v) is 8.21. The first kappa shape index (κ1) is 16.5. The van der Waals surface area contributed by atoms with Crippen LogP contribution in [-0.2, 0) is 0 Å². The first-order chi connectivity index (χ1) is 10.1. The minimum atomic E-state index is 0.407. The van der Waals surface area contributed by atoms with Crippen LogP contribution in [0.15, 0.2) is 30.3 Å². The molecule has 0 bridgehead atoms. The van der Waals surface area contributed by atoms with E-state index in [-0.39, 0.29) is 0 Å². The average molecular weight is 289 g/mol. The lowest BCUT2D eigenvalue weighted by Crippen LogP contribution is -2.43. The Morgan fingerprint density at radius 2 is 1.90 bits per heavy atom. The molecule has 1 aliphatic rings. The number of hydrogen-bond acceptors (Lipinski definition) is 3. The normalized spacial score (nSPS) is 26.2. The second-order valence-electron chi connectivity index (χ2n) is 6.61. The van der Waals surface area contributed by atoms with Crippen LogP contribution in [-0.4, -0.2) is 56.1 Å². The summed E-state index contributed by atoms with van der Waals surface area (Å²) in [5.41, 5.74) is 1.40. The van der Waals surface area contributed by atoms with Gasteiger partial charge in [-0.25, -0.2) is 0 Å². The van der Waals surface area contributed by atoms with E-state index in [1.165, 1.54) is 25.1 Å². The van der Waals surface area contributed by atoms with Gasteiger partial charge in [-0.2, -0.15) is 0 Å². The highest BCUT2D eigenvalue weighted by Gasteiger charge is 2.36. The molecule has 0 aromatic heterocycles. The van der Waals surface area contributed by atoms with E-state index >= 15 is 0 Å². The molecule has 0 amide bonds. The van der Waals surface area contributed by atoms with Crippen molar-refractivity contribution in [2.45, 2.75) is 38.4 Å². The third kappa shape index (κ3) is 3.65. The van der Waals surface area contributed by atoms with Gasteiger partial charge in [-0.15, -0.1) is 0 Å². The third-order valence-corrected chi connectivity index (χ3v) is 5.01. The number of likely N-dealkylation sites (tertiary alicyclic amines) is 1. The van der Waals surface area contributed by atoms with Gasteiger partial charge in [0.1, 0.15) is 0 Å². The molecule has 3 heteroatoms. The highest BCUT2D eigenvalue weighted by molar-refractivity contribution is 5.21. The number of benzene rings is 1. The molecule has 21 heavy (non-hydrogen) atoms. The van der Waals surface area contributed by atoms with Gasteiger partial charge in [0.05, 0.1) is 0 Å². The average Bonchev–Trinajstić information content (AvgIpc) is 2.87. The van der Waals surface area contributed by atoms with Crippen molar-refractivity contribution in [1.29, 1.82) is 0 Å². The number of likely N-dealkylation sites (N-methyl/N-ethyl adjacent to an activating group) is 2. The molecule has 1 fully saturated rings. The zero-order chi connectivity index (χ0) is 15.4. The SMILES string of the molecule is CCC(C(NC)c1ccccc1)N1CC(C)C(N(C)C)C1. The van der Waals surface area contributed by atoms with Crippen LogP contribution in [0, 0.1) is 5.92 Å². The Balaban J connectivity index is 2.15. The molecular formula is C18H31N3. The zero-order valence-corrected chi connectivity index (χ0v) is 14.2. The Morgan fingerprint density at radius 3 is 2.38 bits per heavy atom. The smallest absolute Gasteiger partial charge is 0.0475 e. The number of hydrogen-bond donors (Lipinski definition) is 1. The molecule has 2 rings (SSSR count). The van der Waals surface area contributed by atoms with Gasteiger partial charge in [-0.3, -0.25) is 4.90 Å². The molecule has 0 aliphatic carbocycles. The summed E-state index contributed by atoms with van der Waals surface area (Å²) in [6.45, 7) is 7.07. The molecule has 1 saturated heterocycles. The van der Waals surface area contributed by atoms with E-state index in [4.69, 9.17) is 0 Å². The Bertz CT molecular complexity index is 418. The van der Waals surface area contributed by atoms with Crippen molar-refractivity contribution < 1.29 is 0 Å². The van der Waals surface area contributed by atoms with Crippen molar-refractivity contribution in [2.75, 3.05) is 34.2 Å². The van der Waals surface area contributed by atoms with Gasteiger partial charge >= 0.3 is 0 Å². The summed E-state index contributed by atoms with van der Waals surface area (Å²) in [5, 5.41) is 3.55. The molecule has 0 spiro atoms. The molecule has 1 aromatic rings. The molecule has 0 saturated carbocycles. The number of nitrogens with zero attached hydrogens (tertiary/aromatic N) is 2. The lowest BCUT2D eigenvalue weighted by molar-refractivity contribution is 0.174. The fraction of sp³-hybridized carbons (Fsp3) is 0.667. The molecular weight excluding hydrogens is 258 g/mol. The summed E-state index contributed by atoms with van der Waals surface area (Å²) in [5.74, 6) is 0.738. The van der Waals surface area contributed by atoms with Gasteiger partial charge in [-0.05, 0) is 39.0 Å². The van der Waals surface area contributed by atoms with Crippen LogP contribution in [0.4, 0.5) is 0 Å². The van der Waals surface area contributed by atoms with Crippen LogP contribution in [0.1, 0.15) is 31.9 Å². The van der Waals surface area contributed by atoms with E-state index in [1.807, 2.05) is 0 Å². The van der Waals surface area contributed by atoms with Crippen LogP contribution in [0.2, 0.25) is 0 Å². The molecule has 1 aromatic carbocycles. The van der Waals surface area contributed by atoms with Gasteiger partial charge in [0.25, 0.3) is 0 Å². The highest BCUT2D eigenvalue weighted by Crippen LogP contribution is 2.29. The maximum atomic E-state index is 3.55. The van der Waals surface area contributed by atoms with E-state index in [1.54, 1.807) is 0 Å². The Labute approximate surface area is 130 Å². The quantitative estimate of drug-likeness (QED) is 0.868. The van der Waals surface area contributed by atoms with Crippen LogP contribution in [0.25, 0.3) is 0 Å². The molecule has 4 atom stereocenters. The summed E-state index contributed by atoms with van der Waals surface area (Å²) in [6, 6.07) is 12.5. The number of nitrogens with one attached hydrogen (secondary N) is 1. The standard InChI is InChI=1S/C18H31N3/c1-6-16(18(19-3)15-10-8-7-9-11-15)21-12-14(2)17(13-21)20(4)5/h7-11,14,16-19H,6,12-13H2,1-5H3. The predicted molar refractivity (Wildman–Crippen MR) is 90.5 cm³/mol. The molecule has 0 radical (unpaired) electrons. The summed E-state index contributed by atoms with van der Waals surface area (Å²) in [4.78, 5) is 5.07. The highest BCUT2D eigenvalue weighted by atomic mass is 15.3. The van der Waals surface area contributed by atoms with Gasteiger partial charge in [-0.1, -0.05) is 44.2 Å². The second-order valence-corrected chi connectivity index (χ2v) is 6.61. The zero-order valence-electron chi connectivity index (χ0n) is 14.2. The maximum absolute atomic E-state index is 3.55. The third-order valence-electron chi connectivity index (χ3n) is 5.01. The maximum Gasteiger partial charge on any atom is 0.0475 e. The van der Waals surface area contributed by atoms with E-state index in [9.17, 15) is 0 Å². The first-order valence-electron chi connectivity index (χ1n) is 8.21. The van der Waals surface area contributed by atoms with Crippen molar-refractivity contribution in [2.24, 2.45) is 5.92 Å². The topological polar surface area (TPSA) is 18.5 Å². The van der Waals surface area contributed by atoms with Gasteiger partial charge < -0.3 is 10.2 Å². The van der Waals surface area contributed by atoms with E-state index in [2.05, 4.69) is 80.4 Å². The lowest BCUT2D eigenvalue weighted by Gasteiger charge is -2.34. The van der Waals surface area contributed by atoms with Gasteiger partial charge in [0.15, 0.2) is 0 Å². The predicted octanol–water partition coefficient (Wildman–Crippen LogP) is 2.61. The van der Waals surface area contributed by atoms with E-state index < -0.39 is 0 Å². The summed E-state index contributed by atoms with van der Waals surface area (Å²) >= 11 is 0. The van der Waals surface area contributed by atoms with Gasteiger partial charge in [0.2, 0.25) is 0 Å². The van der Waals surface area contributed by atoms with Crippen molar-refractivity contribution in [1.82, 2.24) is 15.1 Å². The molecule has 3 nitrogen and oxygen atoms in total. The summed E-state index contributed by atoms with van der Waals surface area (Å²) < 4.78 is 0. The molecule has 1 N–H and O–H groups in total. The Kier molecular flexibility index (Phi) is 5.80. The van der Waals surface area contributed by atoms with Crippen LogP contribution in [0.3, 0.4) is 0 Å².